The standard InChI is InChI=1S/C16H17FN2O2/c1-19(10-12-5-3-4-6-15(12)21-2)16(20)11-7-8-13(17)14(18)9-11/h3-9H,10,18H2,1-2H3. The summed E-state index contributed by atoms with van der Waals surface area (Å²) in [6.45, 7) is 0.389. The van der Waals surface area contributed by atoms with Crippen LogP contribution in [0.4, 0.5) is 10.1 Å². The molecule has 1 amide bonds. The molecular weight excluding hydrogens is 271 g/mol. The average molecular weight is 288 g/mol. The Balaban J connectivity index is 2.17. The first-order chi connectivity index (χ1) is 10.0. The van der Waals surface area contributed by atoms with E-state index in [1.54, 1.807) is 14.2 Å². The number of halogens is 1. The summed E-state index contributed by atoms with van der Waals surface area (Å²) in [6, 6.07) is 11.4. The Morgan fingerprint density at radius 3 is 2.67 bits per heavy atom. The number of hydrogen-bond donors (Lipinski definition) is 1. The number of nitrogens with two attached hydrogens (primary N) is 1. The first-order valence-corrected chi connectivity index (χ1v) is 6.45. The molecule has 2 aromatic rings. The van der Waals surface area contributed by atoms with Crippen molar-refractivity contribution in [3.8, 4) is 5.75 Å². The van der Waals surface area contributed by atoms with Crippen molar-refractivity contribution < 1.29 is 13.9 Å². The van der Waals surface area contributed by atoms with Crippen molar-refractivity contribution in [2.75, 3.05) is 19.9 Å². The van der Waals surface area contributed by atoms with E-state index in [-0.39, 0.29) is 11.6 Å². The zero-order valence-electron chi connectivity index (χ0n) is 12.0. The molecule has 110 valence electrons. The summed E-state index contributed by atoms with van der Waals surface area (Å²) in [6.07, 6.45) is 0. The van der Waals surface area contributed by atoms with Crippen molar-refractivity contribution in [1.82, 2.24) is 4.90 Å². The summed E-state index contributed by atoms with van der Waals surface area (Å²) in [5.41, 5.74) is 6.70. The fourth-order valence-corrected chi connectivity index (χ4v) is 2.06. The summed E-state index contributed by atoms with van der Waals surface area (Å²) in [5, 5.41) is 0. The summed E-state index contributed by atoms with van der Waals surface area (Å²) in [5.74, 6) is -0.0395. The molecule has 5 heteroatoms. The zero-order chi connectivity index (χ0) is 15.4. The van der Waals surface area contributed by atoms with E-state index in [1.807, 2.05) is 24.3 Å². The van der Waals surface area contributed by atoms with Crippen molar-refractivity contribution in [2.24, 2.45) is 0 Å². The Hall–Kier alpha value is -2.56. The number of methoxy groups -OCH3 is 1. The number of carbonyl (C=O) groups excluding carboxylic acids is 1. The average Bonchev–Trinajstić information content (AvgIpc) is 2.49. The molecular formula is C16H17FN2O2. The molecule has 0 bridgehead atoms. The van der Waals surface area contributed by atoms with Crippen LogP contribution in [0.1, 0.15) is 15.9 Å². The number of anilines is 1. The largest absolute Gasteiger partial charge is 0.496 e. The number of nitrogens with zero attached hydrogens (tertiary/aromatic N) is 1. The summed E-state index contributed by atoms with van der Waals surface area (Å²) in [7, 11) is 3.26. The van der Waals surface area contributed by atoms with Gasteiger partial charge in [-0.05, 0) is 24.3 Å². The minimum Gasteiger partial charge on any atom is -0.496 e. The predicted molar refractivity (Wildman–Crippen MR) is 79.6 cm³/mol. The Morgan fingerprint density at radius 2 is 2.00 bits per heavy atom. The number of hydrogen-bond acceptors (Lipinski definition) is 3. The van der Waals surface area contributed by atoms with Crippen LogP contribution in [0.25, 0.3) is 0 Å². The zero-order valence-corrected chi connectivity index (χ0v) is 12.0. The molecule has 0 atom stereocenters. The van der Waals surface area contributed by atoms with E-state index in [2.05, 4.69) is 0 Å². The van der Waals surface area contributed by atoms with Gasteiger partial charge < -0.3 is 15.4 Å². The third kappa shape index (κ3) is 3.31. The molecule has 2 aromatic carbocycles. The maximum Gasteiger partial charge on any atom is 0.253 e. The molecule has 0 heterocycles. The van der Waals surface area contributed by atoms with Gasteiger partial charge in [-0.25, -0.2) is 4.39 Å². The first kappa shape index (κ1) is 14.8. The van der Waals surface area contributed by atoms with Gasteiger partial charge in [0.1, 0.15) is 11.6 Å². The molecule has 0 saturated heterocycles. The molecule has 0 spiro atoms. The third-order valence-electron chi connectivity index (χ3n) is 3.19. The molecule has 0 fully saturated rings. The molecule has 4 nitrogen and oxygen atoms in total. The van der Waals surface area contributed by atoms with E-state index in [0.717, 1.165) is 11.3 Å². The number of rotatable bonds is 4. The highest BCUT2D eigenvalue weighted by Crippen LogP contribution is 2.20. The summed E-state index contributed by atoms with van der Waals surface area (Å²) in [4.78, 5) is 13.9. The van der Waals surface area contributed by atoms with E-state index in [4.69, 9.17) is 10.5 Å². The topological polar surface area (TPSA) is 55.6 Å². The molecule has 2 N–H and O–H groups in total. The maximum absolute atomic E-state index is 13.1. The highest BCUT2D eigenvalue weighted by Gasteiger charge is 2.15. The molecule has 0 radical (unpaired) electrons. The Labute approximate surface area is 122 Å². The van der Waals surface area contributed by atoms with Crippen LogP contribution in [0.3, 0.4) is 0 Å². The van der Waals surface area contributed by atoms with Gasteiger partial charge in [0.05, 0.1) is 12.8 Å². The van der Waals surface area contributed by atoms with Crippen molar-refractivity contribution in [1.29, 1.82) is 0 Å². The molecule has 0 unspecified atom stereocenters. The Morgan fingerprint density at radius 1 is 1.29 bits per heavy atom. The Bertz CT molecular complexity index is 658. The van der Waals surface area contributed by atoms with Crippen LogP contribution in [0.5, 0.6) is 5.75 Å². The minimum atomic E-state index is -0.529. The number of carbonyl (C=O) groups is 1. The second-order valence-corrected chi connectivity index (χ2v) is 4.71. The van der Waals surface area contributed by atoms with Gasteiger partial charge in [-0.2, -0.15) is 0 Å². The van der Waals surface area contributed by atoms with Crippen LogP contribution in [0, 0.1) is 5.82 Å². The van der Waals surface area contributed by atoms with Crippen LogP contribution >= 0.6 is 0 Å². The van der Waals surface area contributed by atoms with Crippen LogP contribution in [0.2, 0.25) is 0 Å². The summed E-state index contributed by atoms with van der Waals surface area (Å²) >= 11 is 0. The van der Waals surface area contributed by atoms with E-state index in [1.165, 1.54) is 23.1 Å². The minimum absolute atomic E-state index is 0.0356. The first-order valence-electron chi connectivity index (χ1n) is 6.45. The van der Waals surface area contributed by atoms with Crippen LogP contribution in [-0.2, 0) is 6.54 Å². The molecule has 0 saturated carbocycles. The molecule has 0 aliphatic carbocycles. The van der Waals surface area contributed by atoms with Gasteiger partial charge in [-0.1, -0.05) is 18.2 Å². The van der Waals surface area contributed by atoms with E-state index in [0.29, 0.717) is 12.1 Å². The lowest BCUT2D eigenvalue weighted by Crippen LogP contribution is -2.26. The maximum atomic E-state index is 13.1. The van der Waals surface area contributed by atoms with Gasteiger partial charge in [-0.15, -0.1) is 0 Å². The smallest absolute Gasteiger partial charge is 0.253 e. The molecule has 0 aliphatic rings. The number of benzene rings is 2. The fourth-order valence-electron chi connectivity index (χ4n) is 2.06. The van der Waals surface area contributed by atoms with Crippen molar-refractivity contribution >= 4 is 11.6 Å². The van der Waals surface area contributed by atoms with Gasteiger partial charge in [0.25, 0.3) is 5.91 Å². The van der Waals surface area contributed by atoms with Gasteiger partial charge in [0.15, 0.2) is 0 Å². The molecule has 21 heavy (non-hydrogen) atoms. The van der Waals surface area contributed by atoms with Crippen molar-refractivity contribution in [3.05, 3.63) is 59.4 Å². The van der Waals surface area contributed by atoms with Crippen molar-refractivity contribution in [3.63, 3.8) is 0 Å². The number of amides is 1. The predicted octanol–water partition coefficient (Wildman–Crippen LogP) is 2.69. The fraction of sp³-hybridized carbons (Fsp3) is 0.188. The van der Waals surface area contributed by atoms with Crippen LogP contribution in [0.15, 0.2) is 42.5 Å². The van der Waals surface area contributed by atoms with Crippen LogP contribution in [-0.4, -0.2) is 25.0 Å². The quantitative estimate of drug-likeness (QED) is 0.880. The monoisotopic (exact) mass is 288 g/mol. The highest BCUT2D eigenvalue weighted by molar-refractivity contribution is 5.94. The van der Waals surface area contributed by atoms with E-state index in [9.17, 15) is 9.18 Å². The van der Waals surface area contributed by atoms with Crippen LogP contribution < -0.4 is 10.5 Å². The Kier molecular flexibility index (Phi) is 4.42. The molecule has 0 aliphatic heterocycles. The lowest BCUT2D eigenvalue weighted by atomic mass is 10.1. The van der Waals surface area contributed by atoms with Gasteiger partial charge in [0, 0.05) is 24.7 Å². The van der Waals surface area contributed by atoms with Gasteiger partial charge in [0.2, 0.25) is 0 Å². The van der Waals surface area contributed by atoms with Gasteiger partial charge in [-0.3, -0.25) is 4.79 Å². The number of para-hydroxylation sites is 1. The lowest BCUT2D eigenvalue weighted by Gasteiger charge is -2.19. The second-order valence-electron chi connectivity index (χ2n) is 4.71. The molecule has 0 aromatic heterocycles. The van der Waals surface area contributed by atoms with E-state index >= 15 is 0 Å². The normalized spacial score (nSPS) is 10.2. The second kappa shape index (κ2) is 6.26. The number of ether oxygens (including phenoxy) is 1. The lowest BCUT2D eigenvalue weighted by molar-refractivity contribution is 0.0784. The summed E-state index contributed by atoms with van der Waals surface area (Å²) < 4.78 is 18.4. The SMILES string of the molecule is COc1ccccc1CN(C)C(=O)c1ccc(F)c(N)c1. The van der Waals surface area contributed by atoms with Gasteiger partial charge >= 0.3 is 0 Å². The number of nitrogen functional groups attached to an aromatic ring is 1. The highest BCUT2D eigenvalue weighted by atomic mass is 19.1. The van der Waals surface area contributed by atoms with E-state index < -0.39 is 5.82 Å². The molecule has 2 rings (SSSR count). The van der Waals surface area contributed by atoms with Crippen molar-refractivity contribution in [2.45, 2.75) is 6.54 Å². The third-order valence-corrected chi connectivity index (χ3v) is 3.19.